The van der Waals surface area contributed by atoms with Crippen LogP contribution < -0.4 is 21.1 Å². The highest BCUT2D eigenvalue weighted by atomic mass is 16.4. The molecule has 0 aliphatic rings. The maximum absolute atomic E-state index is 12.8. The molecule has 4 rings (SSSR count). The Hall–Kier alpha value is -4.66. The van der Waals surface area contributed by atoms with Gasteiger partial charge in [0, 0.05) is 38.1 Å². The summed E-state index contributed by atoms with van der Waals surface area (Å²) in [5.74, 6) is 1.17. The second-order valence-corrected chi connectivity index (χ2v) is 11.4. The van der Waals surface area contributed by atoms with Crippen LogP contribution in [0, 0.1) is 5.41 Å². The van der Waals surface area contributed by atoms with Gasteiger partial charge >= 0.3 is 6.09 Å². The Bertz CT molecular complexity index is 1560. The normalized spacial score (nSPS) is 12.8. The van der Waals surface area contributed by atoms with E-state index >= 15 is 0 Å². The van der Waals surface area contributed by atoms with Crippen molar-refractivity contribution in [3.63, 3.8) is 0 Å². The Kier molecular flexibility index (Phi) is 8.76. The molecule has 4 aromatic rings. The van der Waals surface area contributed by atoms with E-state index in [0.29, 0.717) is 23.8 Å². The van der Waals surface area contributed by atoms with Crippen molar-refractivity contribution in [2.45, 2.75) is 46.2 Å². The van der Waals surface area contributed by atoms with Crippen LogP contribution in [-0.2, 0) is 13.5 Å². The highest BCUT2D eigenvalue weighted by Crippen LogP contribution is 2.33. The zero-order valence-corrected chi connectivity index (χ0v) is 24.4. The number of nitrogens with zero attached hydrogens (tertiary/aromatic N) is 4. The molecule has 2 heterocycles. The number of hydrogen-bond acceptors (Lipinski definition) is 6. The van der Waals surface area contributed by atoms with Crippen molar-refractivity contribution in [3.8, 4) is 11.1 Å². The van der Waals surface area contributed by atoms with Gasteiger partial charge in [0.2, 0.25) is 5.95 Å². The summed E-state index contributed by atoms with van der Waals surface area (Å²) < 4.78 is 1.58. The fourth-order valence-corrected chi connectivity index (χ4v) is 4.89. The first kappa shape index (κ1) is 29.3. The predicted molar refractivity (Wildman–Crippen MR) is 164 cm³/mol. The number of hydrogen-bond donors (Lipinski definition) is 3. The quantitative estimate of drug-likeness (QED) is 0.232. The number of aromatic nitrogens is 3. The zero-order valence-electron chi connectivity index (χ0n) is 24.4. The number of anilines is 3. The number of aryl methyl sites for hydroxylation is 1. The average Bonchev–Trinajstić information content (AvgIpc) is 2.92. The van der Waals surface area contributed by atoms with Gasteiger partial charge in [0.25, 0.3) is 5.56 Å². The fourth-order valence-electron chi connectivity index (χ4n) is 4.89. The molecule has 3 N–H and O–H groups in total. The van der Waals surface area contributed by atoms with E-state index in [0.717, 1.165) is 22.4 Å². The van der Waals surface area contributed by atoms with E-state index in [1.165, 1.54) is 0 Å². The Morgan fingerprint density at radius 2 is 1.80 bits per heavy atom. The van der Waals surface area contributed by atoms with Crippen LogP contribution in [0.5, 0.6) is 0 Å². The van der Waals surface area contributed by atoms with Gasteiger partial charge < -0.3 is 25.2 Å². The highest BCUT2D eigenvalue weighted by molar-refractivity contribution is 5.70. The van der Waals surface area contributed by atoms with Crippen LogP contribution in [0.3, 0.4) is 0 Å². The molecule has 9 heteroatoms. The number of benzene rings is 2. The predicted octanol–water partition coefficient (Wildman–Crippen LogP) is 6.01. The molecule has 0 aliphatic carbocycles. The van der Waals surface area contributed by atoms with Gasteiger partial charge in [0.05, 0.1) is 11.7 Å². The summed E-state index contributed by atoms with van der Waals surface area (Å²) in [6, 6.07) is 21.0. The van der Waals surface area contributed by atoms with Gasteiger partial charge in [-0.25, -0.2) is 9.78 Å². The van der Waals surface area contributed by atoms with E-state index in [1.54, 1.807) is 24.0 Å². The summed E-state index contributed by atoms with van der Waals surface area (Å²) >= 11 is 0. The minimum atomic E-state index is -1.04. The number of carboxylic acid groups (broad SMARTS) is 1. The molecule has 0 saturated heterocycles. The second kappa shape index (κ2) is 12.2. The number of amides is 1. The number of carbonyl (C=O) groups is 1. The van der Waals surface area contributed by atoms with Gasteiger partial charge in [0.15, 0.2) is 0 Å². The van der Waals surface area contributed by atoms with Crippen molar-refractivity contribution in [3.05, 3.63) is 101 Å². The summed E-state index contributed by atoms with van der Waals surface area (Å²) in [7, 11) is 3.66. The van der Waals surface area contributed by atoms with E-state index in [2.05, 4.69) is 28.6 Å². The van der Waals surface area contributed by atoms with E-state index in [-0.39, 0.29) is 23.1 Å². The van der Waals surface area contributed by atoms with Crippen molar-refractivity contribution in [1.82, 2.24) is 19.9 Å². The third-order valence-electron chi connectivity index (χ3n) is 6.96. The van der Waals surface area contributed by atoms with Gasteiger partial charge in [-0.3, -0.25) is 4.79 Å². The molecule has 0 bridgehead atoms. The third kappa shape index (κ3) is 7.30. The summed E-state index contributed by atoms with van der Waals surface area (Å²) in [6.45, 7) is 8.11. The number of pyridine rings is 1. The smallest absolute Gasteiger partial charge is 0.405 e. The largest absolute Gasteiger partial charge is 0.465 e. The molecule has 2 aromatic carbocycles. The van der Waals surface area contributed by atoms with Crippen molar-refractivity contribution in [1.29, 1.82) is 0 Å². The summed E-state index contributed by atoms with van der Waals surface area (Å²) in [6.07, 6.45) is 3.16. The van der Waals surface area contributed by atoms with Crippen LogP contribution in [0.4, 0.5) is 22.2 Å². The first-order chi connectivity index (χ1) is 19.4. The lowest BCUT2D eigenvalue weighted by molar-refractivity contribution is 0.175. The first-order valence-corrected chi connectivity index (χ1v) is 13.6. The molecule has 0 radical (unpaired) electrons. The maximum Gasteiger partial charge on any atom is 0.405 e. The standard InChI is InChI=1S/C32H38N6O3/c1-21(17-22-11-10-14-24(18-22)28(32(2,3)4)36-31(40)41)34-30-33-16-15-27(35-30)38(6)25-19-26(29(39)37(5)20-25)23-12-8-7-9-13-23/h7-16,18-21,28,36H,17H2,1-6H3,(H,40,41)(H,33,34,35)/t21-,28?/m0/s1. The van der Waals surface area contributed by atoms with Gasteiger partial charge in [-0.1, -0.05) is 75.4 Å². The van der Waals surface area contributed by atoms with Gasteiger partial charge in [-0.05, 0) is 47.6 Å². The Morgan fingerprint density at radius 1 is 1.07 bits per heavy atom. The molecule has 1 amide bonds. The Labute approximate surface area is 240 Å². The van der Waals surface area contributed by atoms with Crippen molar-refractivity contribution < 1.29 is 9.90 Å². The van der Waals surface area contributed by atoms with Crippen LogP contribution in [0.2, 0.25) is 0 Å². The molecule has 0 saturated carbocycles. The molecule has 0 fully saturated rings. The molecule has 0 aliphatic heterocycles. The summed E-state index contributed by atoms with van der Waals surface area (Å²) in [5, 5.41) is 15.4. The van der Waals surface area contributed by atoms with Crippen LogP contribution in [-0.4, -0.2) is 38.8 Å². The molecule has 9 nitrogen and oxygen atoms in total. The Morgan fingerprint density at radius 3 is 2.49 bits per heavy atom. The number of nitrogens with one attached hydrogen (secondary N) is 2. The Balaban J connectivity index is 1.51. The molecule has 41 heavy (non-hydrogen) atoms. The number of rotatable bonds is 9. The van der Waals surface area contributed by atoms with Gasteiger partial charge in [0.1, 0.15) is 5.82 Å². The minimum Gasteiger partial charge on any atom is -0.465 e. The van der Waals surface area contributed by atoms with Gasteiger partial charge in [-0.15, -0.1) is 0 Å². The molecule has 2 atom stereocenters. The molecule has 2 aromatic heterocycles. The van der Waals surface area contributed by atoms with Gasteiger partial charge in [-0.2, -0.15) is 4.98 Å². The molecule has 214 valence electrons. The zero-order chi connectivity index (χ0) is 29.7. The lowest BCUT2D eigenvalue weighted by Gasteiger charge is -2.31. The van der Waals surface area contributed by atoms with Crippen LogP contribution in [0.15, 0.2) is 83.9 Å². The van der Waals surface area contributed by atoms with Crippen molar-refractivity contribution >= 4 is 23.5 Å². The van der Waals surface area contributed by atoms with Crippen LogP contribution >= 0.6 is 0 Å². The lowest BCUT2D eigenvalue weighted by atomic mass is 9.82. The van der Waals surface area contributed by atoms with E-state index in [1.807, 2.05) is 93.4 Å². The fraction of sp³-hybridized carbons (Fsp3) is 0.312. The van der Waals surface area contributed by atoms with Crippen molar-refractivity contribution in [2.24, 2.45) is 12.5 Å². The SMILES string of the molecule is C[C@@H](Cc1cccc(C(NC(=O)O)C(C)(C)C)c1)Nc1nccc(N(C)c2cc(-c3ccccc3)c(=O)n(C)c2)n1. The maximum atomic E-state index is 12.8. The molecule has 1 unspecified atom stereocenters. The first-order valence-electron chi connectivity index (χ1n) is 13.6. The summed E-state index contributed by atoms with van der Waals surface area (Å²) in [4.78, 5) is 35.3. The van der Waals surface area contributed by atoms with E-state index in [9.17, 15) is 14.7 Å². The summed E-state index contributed by atoms with van der Waals surface area (Å²) in [5.41, 5.74) is 3.96. The molecular formula is C32H38N6O3. The lowest BCUT2D eigenvalue weighted by Crippen LogP contribution is -2.35. The van der Waals surface area contributed by atoms with Crippen LogP contribution in [0.25, 0.3) is 11.1 Å². The van der Waals surface area contributed by atoms with E-state index < -0.39 is 6.09 Å². The topological polar surface area (TPSA) is 112 Å². The molecule has 0 spiro atoms. The average molecular weight is 555 g/mol. The third-order valence-corrected chi connectivity index (χ3v) is 6.96. The van der Waals surface area contributed by atoms with Crippen molar-refractivity contribution in [2.75, 3.05) is 17.3 Å². The highest BCUT2D eigenvalue weighted by Gasteiger charge is 2.28. The second-order valence-electron chi connectivity index (χ2n) is 11.4. The van der Waals surface area contributed by atoms with E-state index in [4.69, 9.17) is 4.98 Å². The minimum absolute atomic E-state index is 0.00792. The van der Waals surface area contributed by atoms with Crippen LogP contribution in [0.1, 0.15) is 44.9 Å². The monoisotopic (exact) mass is 554 g/mol. The molecular weight excluding hydrogens is 516 g/mol.